The molecule has 594 valence electrons. The Morgan fingerprint density at radius 3 is 1.65 bits per heavy atom. The van der Waals surface area contributed by atoms with Gasteiger partial charge >= 0.3 is 11.9 Å². The molecule has 11 fully saturated rings. The third kappa shape index (κ3) is 13.9. The number of aliphatic hydroxyl groups is 17. The largest absolute Gasteiger partial charge is 0.479 e. The van der Waals surface area contributed by atoms with E-state index in [1.807, 2.05) is 0 Å². The van der Waals surface area contributed by atoms with Crippen molar-refractivity contribution in [3.63, 3.8) is 0 Å². The summed E-state index contributed by atoms with van der Waals surface area (Å²) >= 11 is 0. The number of carbonyl (C=O) groups excluding carboxylic acids is 2. The van der Waals surface area contributed by atoms with Crippen LogP contribution in [0.1, 0.15) is 120 Å². The van der Waals surface area contributed by atoms with E-state index >= 15 is 4.79 Å². The van der Waals surface area contributed by atoms with Gasteiger partial charge in [0.1, 0.15) is 134 Å². The van der Waals surface area contributed by atoms with Crippen molar-refractivity contribution in [2.75, 3.05) is 26.4 Å². The van der Waals surface area contributed by atoms with Crippen LogP contribution in [-0.2, 0) is 80.7 Å². The second-order valence-electron chi connectivity index (χ2n) is 33.0. The zero-order valence-electron chi connectivity index (χ0n) is 59.3. The van der Waals surface area contributed by atoms with Crippen molar-refractivity contribution in [1.29, 1.82) is 0 Å². The van der Waals surface area contributed by atoms with E-state index in [0.29, 0.717) is 57.8 Å². The van der Waals surface area contributed by atoms with Crippen molar-refractivity contribution in [3.8, 4) is 0 Å². The molecule has 4 saturated carbocycles. The van der Waals surface area contributed by atoms with E-state index in [9.17, 15) is 102 Å². The fraction of sp³-hybridized carbons (Fsp3) is 0.928. The number of aliphatic carboxylic acids is 1. The number of hydrogen-bond acceptors (Lipinski definition) is 34. The summed E-state index contributed by atoms with van der Waals surface area (Å²) in [5.41, 5.74) is -3.41. The molecule has 0 aromatic heterocycles. The molecule has 41 atom stereocenters. The Morgan fingerprint density at radius 2 is 1.03 bits per heavy atom. The van der Waals surface area contributed by atoms with Crippen LogP contribution < -0.4 is 0 Å². The molecular formula is C69H108O35. The minimum absolute atomic E-state index is 0.102. The smallest absolute Gasteiger partial charge is 0.335 e. The number of hydrogen-bond donors (Lipinski definition) is 18. The number of fused-ring (bicyclic) bond motifs is 7. The van der Waals surface area contributed by atoms with E-state index in [2.05, 4.69) is 40.7 Å². The molecule has 7 saturated heterocycles. The number of esters is 1. The summed E-state index contributed by atoms with van der Waals surface area (Å²) in [4.78, 5) is 42.9. The maximum Gasteiger partial charge on any atom is 0.335 e. The fourth-order valence-corrected chi connectivity index (χ4v) is 19.9. The number of rotatable bonds is 17. The SMILES string of the molecule is CC1OC(OC(=O)C23CCC(C)(C)CC2C2=CCC4C5(C)CCC(OC6OC(C(=O)O)C(O)C(OC7OCC(O)C(O)C7O)C6OC6OC(CO)C(O)C(O)C6O)C(C)(C=O)C5CCC4(C)C2(C)CC3)C(OC2OC(C)C(OC3OCC(O)C(OC4OCC(O)C(O)C4O)C3O)C(O)C2O)C(O)C1O. The van der Waals surface area contributed by atoms with Gasteiger partial charge in [-0.25, -0.2) is 4.79 Å². The maximum atomic E-state index is 15.7. The lowest BCUT2D eigenvalue weighted by atomic mass is 9.33. The van der Waals surface area contributed by atoms with Gasteiger partial charge in [0.25, 0.3) is 0 Å². The van der Waals surface area contributed by atoms with E-state index in [-0.39, 0.29) is 17.8 Å². The van der Waals surface area contributed by atoms with Crippen LogP contribution >= 0.6 is 0 Å². The highest BCUT2D eigenvalue weighted by Crippen LogP contribution is 2.76. The van der Waals surface area contributed by atoms with Crippen molar-refractivity contribution < 1.29 is 173 Å². The average molecular weight is 1500 g/mol. The monoisotopic (exact) mass is 1500 g/mol. The molecule has 12 rings (SSSR count). The van der Waals surface area contributed by atoms with Gasteiger partial charge in [-0.1, -0.05) is 53.2 Å². The van der Waals surface area contributed by atoms with E-state index < -0.39 is 280 Å². The van der Waals surface area contributed by atoms with E-state index in [4.69, 9.17) is 66.3 Å². The van der Waals surface area contributed by atoms with E-state index in [1.165, 1.54) is 13.8 Å². The quantitative estimate of drug-likeness (QED) is 0.0280. The third-order valence-electron chi connectivity index (χ3n) is 26.4. The Labute approximate surface area is 599 Å². The number of aldehydes is 1. The van der Waals surface area contributed by atoms with Gasteiger partial charge in [-0.3, -0.25) is 4.79 Å². The molecule has 0 spiro atoms. The summed E-state index contributed by atoms with van der Waals surface area (Å²) in [6.45, 7) is 13.2. The number of carboxylic acid groups (broad SMARTS) is 1. The van der Waals surface area contributed by atoms with Crippen molar-refractivity contribution in [3.05, 3.63) is 11.6 Å². The van der Waals surface area contributed by atoms with Crippen LogP contribution in [0.3, 0.4) is 0 Å². The molecule has 35 nitrogen and oxygen atoms in total. The van der Waals surface area contributed by atoms with Crippen LogP contribution in [0, 0.1) is 50.2 Å². The van der Waals surface area contributed by atoms with Crippen molar-refractivity contribution in [1.82, 2.24) is 0 Å². The zero-order chi connectivity index (χ0) is 75.7. The summed E-state index contributed by atoms with van der Waals surface area (Å²) < 4.78 is 83.7. The Kier molecular flexibility index (Phi) is 23.5. The zero-order valence-corrected chi connectivity index (χ0v) is 59.3. The van der Waals surface area contributed by atoms with Crippen LogP contribution in [0.4, 0.5) is 0 Å². The molecule has 7 aliphatic heterocycles. The second-order valence-corrected chi connectivity index (χ2v) is 33.0. The molecule has 0 amide bonds. The van der Waals surface area contributed by atoms with Gasteiger partial charge in [0.05, 0.1) is 55.6 Å². The van der Waals surface area contributed by atoms with Gasteiger partial charge in [-0.05, 0) is 117 Å². The van der Waals surface area contributed by atoms with Gasteiger partial charge in [0, 0.05) is 0 Å². The first-order valence-corrected chi connectivity index (χ1v) is 36.3. The molecule has 0 bridgehead atoms. The highest BCUT2D eigenvalue weighted by Gasteiger charge is 2.72. The summed E-state index contributed by atoms with van der Waals surface area (Å²) in [6, 6.07) is 0. The van der Waals surface area contributed by atoms with Crippen LogP contribution in [0.2, 0.25) is 0 Å². The Hall–Kier alpha value is -2.85. The minimum Gasteiger partial charge on any atom is -0.479 e. The molecule has 41 unspecified atom stereocenters. The van der Waals surface area contributed by atoms with E-state index in [1.54, 1.807) is 6.92 Å². The lowest BCUT2D eigenvalue weighted by molar-refractivity contribution is -0.391. The van der Waals surface area contributed by atoms with Gasteiger partial charge in [0.15, 0.2) is 49.9 Å². The molecule has 0 radical (unpaired) electrons. The molecular weight excluding hydrogens is 1390 g/mol. The molecule has 0 aromatic carbocycles. The summed E-state index contributed by atoms with van der Waals surface area (Å²) in [5, 5.41) is 196. The van der Waals surface area contributed by atoms with Crippen molar-refractivity contribution in [2.24, 2.45) is 50.2 Å². The van der Waals surface area contributed by atoms with E-state index in [0.717, 1.165) is 11.9 Å². The molecule has 12 aliphatic rings. The predicted molar refractivity (Wildman–Crippen MR) is 341 cm³/mol. The van der Waals surface area contributed by atoms with Gasteiger partial charge in [-0.2, -0.15) is 0 Å². The third-order valence-corrected chi connectivity index (χ3v) is 26.4. The first kappa shape index (κ1) is 80.7. The number of allylic oxidation sites excluding steroid dienone is 2. The van der Waals surface area contributed by atoms with Crippen LogP contribution in [0.25, 0.3) is 0 Å². The predicted octanol–water partition coefficient (Wildman–Crippen LogP) is -5.32. The molecule has 7 heterocycles. The Morgan fingerprint density at radius 1 is 0.490 bits per heavy atom. The standard InChI is InChI=1S/C69H108O35/c1-25-36(75)41(80)53(102-59-46(85)42(81)49(26(2)95-59)98-58-48(87)50(31(74)23-93-58)99-56-43(82)37(76)29(72)21-91-56)61(94-25)104-63(90)69-17-15-64(3,4)19-28(69)27-9-10-34-65(5)13-12-35(66(6,24-71)33(65)11-14-68(34,8)67(27,7)16-18-69)97-62-54(103-60-45(84)40(79)39(78)32(20-70)96-60)51(47(86)52(101-62)55(88)89)100-57-44(83)38(77)30(73)22-92-57/h9,24-26,28-54,56-62,70,72-87H,10-23H2,1-8H3,(H,88,89). The first-order chi connectivity index (χ1) is 48.8. The molecule has 104 heavy (non-hydrogen) atoms. The summed E-state index contributed by atoms with van der Waals surface area (Å²) in [6.07, 6.45) is -49.8. The van der Waals surface area contributed by atoms with Gasteiger partial charge in [-0.15, -0.1) is 0 Å². The number of carbonyl (C=O) groups is 3. The lowest BCUT2D eigenvalue weighted by Gasteiger charge is -2.71. The highest BCUT2D eigenvalue weighted by molar-refractivity contribution is 5.79. The maximum absolute atomic E-state index is 15.7. The first-order valence-electron chi connectivity index (χ1n) is 36.3. The Bertz CT molecular complexity index is 3040. The van der Waals surface area contributed by atoms with Gasteiger partial charge in [0.2, 0.25) is 6.29 Å². The summed E-state index contributed by atoms with van der Waals surface area (Å²) in [7, 11) is 0. The second kappa shape index (κ2) is 30.3. The molecule has 5 aliphatic carbocycles. The number of carboxylic acids is 1. The molecule has 18 N–H and O–H groups in total. The number of ether oxygens (including phenoxy) is 14. The molecule has 0 aromatic rings. The number of aliphatic hydroxyl groups excluding tert-OH is 17. The minimum atomic E-state index is -2.20. The van der Waals surface area contributed by atoms with Gasteiger partial charge < -0.3 is 163 Å². The Balaban J connectivity index is 0.768. The lowest BCUT2D eigenvalue weighted by Crippen LogP contribution is -2.68. The van der Waals surface area contributed by atoms with Crippen LogP contribution in [0.15, 0.2) is 11.6 Å². The van der Waals surface area contributed by atoms with Crippen molar-refractivity contribution >= 4 is 18.2 Å². The summed E-state index contributed by atoms with van der Waals surface area (Å²) in [5.74, 6) is -3.30. The van der Waals surface area contributed by atoms with Crippen LogP contribution in [-0.4, -0.2) is 339 Å². The average Bonchev–Trinajstić information content (AvgIpc) is 0.674. The highest BCUT2D eigenvalue weighted by atomic mass is 16.8. The topological polar surface area (TPSA) is 545 Å². The van der Waals surface area contributed by atoms with Crippen molar-refractivity contribution in [2.45, 2.75) is 322 Å². The fourth-order valence-electron chi connectivity index (χ4n) is 19.9. The molecule has 35 heteroatoms. The van der Waals surface area contributed by atoms with Crippen LogP contribution in [0.5, 0.6) is 0 Å². The normalized spacial score (nSPS) is 54.8.